The molecule has 0 fully saturated rings. The van der Waals surface area contributed by atoms with E-state index >= 15 is 0 Å². The lowest BCUT2D eigenvalue weighted by Gasteiger charge is -2.23. The third-order valence-corrected chi connectivity index (χ3v) is 4.91. The Kier molecular flexibility index (Phi) is 5.07. The number of fused-ring (bicyclic) bond motifs is 1. The van der Waals surface area contributed by atoms with Crippen molar-refractivity contribution in [3.8, 4) is 5.75 Å². The van der Waals surface area contributed by atoms with E-state index in [4.69, 9.17) is 9.47 Å². The summed E-state index contributed by atoms with van der Waals surface area (Å²) in [7, 11) is 5.56. The van der Waals surface area contributed by atoms with Gasteiger partial charge in [-0.05, 0) is 38.1 Å². The molecule has 1 aliphatic heterocycles. The summed E-state index contributed by atoms with van der Waals surface area (Å²) in [5, 5.41) is 0. The largest absolute Gasteiger partial charge is 0.496 e. The highest BCUT2D eigenvalue weighted by molar-refractivity contribution is 5.95. The summed E-state index contributed by atoms with van der Waals surface area (Å²) in [6, 6.07) is 11.9. The molecular weight excluding hydrogens is 328 g/mol. The van der Waals surface area contributed by atoms with Gasteiger partial charge in [-0.25, -0.2) is 4.79 Å². The van der Waals surface area contributed by atoms with Gasteiger partial charge in [0.25, 0.3) is 0 Å². The van der Waals surface area contributed by atoms with Crippen molar-refractivity contribution in [1.82, 2.24) is 0 Å². The standard InChI is InChI=1S/C21H26N2O3/c1-6-23(7-2)15-9-11-17(19(13-15)25-5)20-16-10-8-14(22(3)4)12-18(16)21(24)26-20/h8-13,20H,6-7H2,1-5H3. The molecule has 138 valence electrons. The van der Waals surface area contributed by atoms with Gasteiger partial charge < -0.3 is 19.3 Å². The van der Waals surface area contributed by atoms with Crippen LogP contribution in [0.5, 0.6) is 5.75 Å². The summed E-state index contributed by atoms with van der Waals surface area (Å²) in [5.74, 6) is 0.445. The Morgan fingerprint density at radius 1 is 1.00 bits per heavy atom. The molecule has 0 aromatic heterocycles. The quantitative estimate of drug-likeness (QED) is 0.737. The lowest BCUT2D eigenvalue weighted by Crippen LogP contribution is -2.21. The minimum atomic E-state index is -0.436. The molecule has 0 saturated carbocycles. The van der Waals surface area contributed by atoms with E-state index in [-0.39, 0.29) is 5.97 Å². The van der Waals surface area contributed by atoms with Crippen LogP contribution in [0, 0.1) is 0 Å². The Bertz CT molecular complexity index is 813. The van der Waals surface area contributed by atoms with Crippen LogP contribution < -0.4 is 14.5 Å². The monoisotopic (exact) mass is 354 g/mol. The number of carbonyl (C=O) groups excluding carboxylic acids is 1. The maximum Gasteiger partial charge on any atom is 0.339 e. The van der Waals surface area contributed by atoms with E-state index in [2.05, 4.69) is 24.8 Å². The van der Waals surface area contributed by atoms with Crippen LogP contribution in [0.1, 0.15) is 41.4 Å². The second-order valence-corrected chi connectivity index (χ2v) is 6.55. The number of ether oxygens (including phenoxy) is 2. The van der Waals surface area contributed by atoms with Crippen molar-refractivity contribution >= 4 is 17.3 Å². The molecule has 0 saturated heterocycles. The van der Waals surface area contributed by atoms with Crippen LogP contribution in [0.4, 0.5) is 11.4 Å². The fraction of sp³-hybridized carbons (Fsp3) is 0.381. The van der Waals surface area contributed by atoms with Crippen LogP contribution in [0.25, 0.3) is 0 Å². The Balaban J connectivity index is 2.02. The van der Waals surface area contributed by atoms with Gasteiger partial charge >= 0.3 is 5.97 Å². The van der Waals surface area contributed by atoms with Crippen molar-refractivity contribution in [2.24, 2.45) is 0 Å². The van der Waals surface area contributed by atoms with Gasteiger partial charge in [0.2, 0.25) is 0 Å². The number of methoxy groups -OCH3 is 1. The van der Waals surface area contributed by atoms with E-state index in [1.807, 2.05) is 49.3 Å². The molecule has 5 heteroatoms. The van der Waals surface area contributed by atoms with Gasteiger partial charge in [-0.15, -0.1) is 0 Å². The van der Waals surface area contributed by atoms with Crippen LogP contribution in [0.3, 0.4) is 0 Å². The number of esters is 1. The molecule has 1 heterocycles. The Morgan fingerprint density at radius 3 is 2.27 bits per heavy atom. The molecule has 0 amide bonds. The third kappa shape index (κ3) is 3.09. The molecule has 1 aliphatic rings. The minimum Gasteiger partial charge on any atom is -0.496 e. The smallest absolute Gasteiger partial charge is 0.339 e. The van der Waals surface area contributed by atoms with Gasteiger partial charge in [-0.2, -0.15) is 0 Å². The van der Waals surface area contributed by atoms with Crippen molar-refractivity contribution in [2.75, 3.05) is 44.1 Å². The van der Waals surface area contributed by atoms with Gasteiger partial charge in [0, 0.05) is 55.8 Å². The lowest BCUT2D eigenvalue weighted by molar-refractivity contribution is 0.0452. The van der Waals surface area contributed by atoms with E-state index in [0.29, 0.717) is 5.56 Å². The molecule has 26 heavy (non-hydrogen) atoms. The number of rotatable bonds is 6. The SMILES string of the molecule is CCN(CC)c1ccc(C2OC(=O)c3cc(N(C)C)ccc32)c(OC)c1. The van der Waals surface area contributed by atoms with Crippen molar-refractivity contribution < 1.29 is 14.3 Å². The molecule has 2 aromatic rings. The number of cyclic esters (lactones) is 1. The van der Waals surface area contributed by atoms with E-state index in [9.17, 15) is 4.79 Å². The van der Waals surface area contributed by atoms with Gasteiger partial charge in [0.1, 0.15) is 5.75 Å². The van der Waals surface area contributed by atoms with Gasteiger partial charge in [0.15, 0.2) is 6.10 Å². The molecule has 2 aromatic carbocycles. The lowest BCUT2D eigenvalue weighted by atomic mass is 9.97. The topological polar surface area (TPSA) is 42.0 Å². The zero-order chi connectivity index (χ0) is 18.8. The van der Waals surface area contributed by atoms with Crippen molar-refractivity contribution in [3.05, 3.63) is 53.1 Å². The van der Waals surface area contributed by atoms with Gasteiger partial charge in [0.05, 0.1) is 12.7 Å². The molecule has 1 unspecified atom stereocenters. The summed E-state index contributed by atoms with van der Waals surface area (Å²) in [4.78, 5) is 16.6. The van der Waals surface area contributed by atoms with E-state index < -0.39 is 6.10 Å². The fourth-order valence-corrected chi connectivity index (χ4v) is 3.39. The second kappa shape index (κ2) is 7.28. The number of anilines is 2. The first-order valence-electron chi connectivity index (χ1n) is 8.95. The molecular formula is C21H26N2O3. The number of hydrogen-bond acceptors (Lipinski definition) is 5. The van der Waals surface area contributed by atoms with Gasteiger partial charge in [-0.3, -0.25) is 0 Å². The molecule has 0 spiro atoms. The Labute approximate surface area is 155 Å². The number of carbonyl (C=O) groups is 1. The molecule has 0 bridgehead atoms. The van der Waals surface area contributed by atoms with E-state index in [1.165, 1.54) is 0 Å². The maximum absolute atomic E-state index is 12.4. The maximum atomic E-state index is 12.4. The number of nitrogens with zero attached hydrogens (tertiary/aromatic N) is 2. The van der Waals surface area contributed by atoms with Crippen LogP contribution in [0.2, 0.25) is 0 Å². The molecule has 0 radical (unpaired) electrons. The van der Waals surface area contributed by atoms with Crippen LogP contribution >= 0.6 is 0 Å². The summed E-state index contributed by atoms with van der Waals surface area (Å²) >= 11 is 0. The zero-order valence-electron chi connectivity index (χ0n) is 16.1. The average molecular weight is 354 g/mol. The van der Waals surface area contributed by atoms with Crippen LogP contribution in [-0.4, -0.2) is 40.3 Å². The van der Waals surface area contributed by atoms with Crippen LogP contribution in [-0.2, 0) is 4.74 Å². The summed E-state index contributed by atoms with van der Waals surface area (Å²) < 4.78 is 11.3. The van der Waals surface area contributed by atoms with Gasteiger partial charge in [-0.1, -0.05) is 6.07 Å². The van der Waals surface area contributed by atoms with Crippen molar-refractivity contribution in [1.29, 1.82) is 0 Å². The normalized spacial score (nSPS) is 15.4. The molecule has 0 N–H and O–H groups in total. The molecule has 3 rings (SSSR count). The highest BCUT2D eigenvalue weighted by atomic mass is 16.6. The predicted molar refractivity (Wildman–Crippen MR) is 105 cm³/mol. The average Bonchev–Trinajstić information content (AvgIpc) is 2.98. The second-order valence-electron chi connectivity index (χ2n) is 6.55. The predicted octanol–water partition coefficient (Wildman–Crippen LogP) is 3.87. The number of benzene rings is 2. The Morgan fingerprint density at radius 2 is 1.65 bits per heavy atom. The molecule has 5 nitrogen and oxygen atoms in total. The first kappa shape index (κ1) is 18.1. The number of hydrogen-bond donors (Lipinski definition) is 0. The van der Waals surface area contributed by atoms with E-state index in [0.717, 1.165) is 41.3 Å². The fourth-order valence-electron chi connectivity index (χ4n) is 3.39. The zero-order valence-corrected chi connectivity index (χ0v) is 16.1. The highest BCUT2D eigenvalue weighted by Crippen LogP contribution is 2.42. The van der Waals surface area contributed by atoms with Crippen molar-refractivity contribution in [2.45, 2.75) is 20.0 Å². The summed E-state index contributed by atoms with van der Waals surface area (Å²) in [6.07, 6.45) is -0.436. The third-order valence-electron chi connectivity index (χ3n) is 4.91. The van der Waals surface area contributed by atoms with Crippen LogP contribution in [0.15, 0.2) is 36.4 Å². The van der Waals surface area contributed by atoms with E-state index in [1.54, 1.807) is 7.11 Å². The summed E-state index contributed by atoms with van der Waals surface area (Å²) in [5.41, 5.74) is 4.45. The Hall–Kier alpha value is -2.69. The van der Waals surface area contributed by atoms with Crippen molar-refractivity contribution in [3.63, 3.8) is 0 Å². The summed E-state index contributed by atoms with van der Waals surface area (Å²) in [6.45, 7) is 6.10. The molecule has 1 atom stereocenters. The first-order chi connectivity index (χ1) is 12.5. The molecule has 0 aliphatic carbocycles. The first-order valence-corrected chi connectivity index (χ1v) is 8.95. The minimum absolute atomic E-state index is 0.288. The highest BCUT2D eigenvalue weighted by Gasteiger charge is 2.34.